The number of amides is 2. The molecule has 2 aliphatic heterocycles. The number of nitrogens with zero attached hydrogens (tertiary/aromatic N) is 3. The Hall–Kier alpha value is -2.53. The minimum Gasteiger partial charge on any atom is -0.323 e. The fraction of sp³-hybridized carbons (Fsp3) is 0.471. The van der Waals surface area contributed by atoms with Gasteiger partial charge in [0.25, 0.3) is 0 Å². The highest BCUT2D eigenvalue weighted by molar-refractivity contribution is 5.99. The molecule has 1 aromatic carbocycles. The summed E-state index contributed by atoms with van der Waals surface area (Å²) < 4.78 is 26.4. The molecule has 0 saturated carbocycles. The second-order valence-corrected chi connectivity index (χ2v) is 6.21. The van der Waals surface area contributed by atoms with Crippen LogP contribution in [0.15, 0.2) is 24.3 Å². The molecule has 0 aliphatic carbocycles. The zero-order chi connectivity index (χ0) is 18.0. The van der Waals surface area contributed by atoms with Gasteiger partial charge in [-0.2, -0.15) is 5.26 Å². The van der Waals surface area contributed by atoms with Gasteiger partial charge in [0, 0.05) is 18.7 Å². The predicted octanol–water partition coefficient (Wildman–Crippen LogP) is 0.983. The third kappa shape index (κ3) is 3.61. The van der Waals surface area contributed by atoms with E-state index in [4.69, 9.17) is 5.26 Å². The van der Waals surface area contributed by atoms with E-state index in [1.54, 1.807) is 0 Å². The van der Waals surface area contributed by atoms with Gasteiger partial charge in [-0.1, -0.05) is 0 Å². The summed E-state index contributed by atoms with van der Waals surface area (Å²) in [4.78, 5) is 27.4. The van der Waals surface area contributed by atoms with E-state index in [1.165, 1.54) is 34.1 Å². The van der Waals surface area contributed by atoms with Crippen LogP contribution in [0.4, 0.5) is 14.5 Å². The van der Waals surface area contributed by atoms with Crippen molar-refractivity contribution in [3.8, 4) is 6.07 Å². The van der Waals surface area contributed by atoms with Gasteiger partial charge in [-0.25, -0.2) is 8.78 Å². The molecule has 0 spiro atoms. The lowest BCUT2D eigenvalue weighted by Gasteiger charge is -2.21. The summed E-state index contributed by atoms with van der Waals surface area (Å²) in [6.07, 6.45) is -0.643. The quantitative estimate of drug-likeness (QED) is 0.880. The van der Waals surface area contributed by atoms with Gasteiger partial charge in [-0.15, -0.1) is 0 Å². The molecule has 1 N–H and O–H groups in total. The van der Waals surface area contributed by atoms with E-state index >= 15 is 0 Å². The van der Waals surface area contributed by atoms with E-state index in [-0.39, 0.29) is 37.1 Å². The van der Waals surface area contributed by atoms with Crippen molar-refractivity contribution < 1.29 is 18.4 Å². The van der Waals surface area contributed by atoms with Crippen molar-refractivity contribution in [2.24, 2.45) is 0 Å². The molecule has 0 aromatic heterocycles. The fourth-order valence-corrected chi connectivity index (χ4v) is 3.24. The molecule has 0 radical (unpaired) electrons. The van der Waals surface area contributed by atoms with Crippen LogP contribution in [0.2, 0.25) is 0 Å². The Labute approximate surface area is 144 Å². The van der Waals surface area contributed by atoms with E-state index in [0.717, 1.165) is 0 Å². The maximum atomic E-state index is 13.4. The third-order valence-electron chi connectivity index (χ3n) is 4.56. The number of hydrogen-bond acceptors (Lipinski definition) is 4. The van der Waals surface area contributed by atoms with Gasteiger partial charge in [-0.05, 0) is 30.7 Å². The van der Waals surface area contributed by atoms with Gasteiger partial charge in [0.1, 0.15) is 18.0 Å². The topological polar surface area (TPSA) is 76.4 Å². The Morgan fingerprint density at radius 1 is 1.36 bits per heavy atom. The van der Waals surface area contributed by atoms with Crippen molar-refractivity contribution in [3.63, 3.8) is 0 Å². The summed E-state index contributed by atoms with van der Waals surface area (Å²) >= 11 is 0. The average Bonchev–Trinajstić information content (AvgIpc) is 3.16. The normalized spacial score (nSPS) is 26.1. The Morgan fingerprint density at radius 2 is 2.08 bits per heavy atom. The largest absolute Gasteiger partial charge is 0.323 e. The molecule has 3 atom stereocenters. The van der Waals surface area contributed by atoms with Crippen molar-refractivity contribution in [2.75, 3.05) is 24.5 Å². The Bertz CT molecular complexity index is 704. The number of nitriles is 1. The molecule has 3 rings (SSSR count). The van der Waals surface area contributed by atoms with Crippen LogP contribution in [-0.4, -0.2) is 54.6 Å². The molecule has 2 fully saturated rings. The zero-order valence-corrected chi connectivity index (χ0v) is 13.5. The molecule has 6 nitrogen and oxygen atoms in total. The van der Waals surface area contributed by atoms with Gasteiger partial charge >= 0.3 is 0 Å². The number of likely N-dealkylation sites (tertiary alicyclic amines) is 1. The van der Waals surface area contributed by atoms with E-state index in [9.17, 15) is 18.4 Å². The maximum Gasteiger partial charge on any atom is 0.244 e. The number of rotatable bonds is 4. The standard InChI is InChI=1S/C17H18F2N4O2/c18-11-1-3-13(4-2-11)22-6-5-15(17(22)25)21-9-16(24)23-10-12(19)7-14(23)8-20/h1-4,12,14-15,21H,5-7,9-10H2/t12-,14-,15?/m0/s1. The molecule has 2 heterocycles. The van der Waals surface area contributed by atoms with Crippen LogP contribution in [-0.2, 0) is 9.59 Å². The number of nitrogens with one attached hydrogen (secondary N) is 1. The third-order valence-corrected chi connectivity index (χ3v) is 4.56. The summed E-state index contributed by atoms with van der Waals surface area (Å²) in [6.45, 7) is 0.255. The average molecular weight is 348 g/mol. The first-order valence-corrected chi connectivity index (χ1v) is 8.13. The van der Waals surface area contributed by atoms with E-state index < -0.39 is 18.3 Å². The second kappa shape index (κ2) is 7.15. The molecule has 2 amide bonds. The highest BCUT2D eigenvalue weighted by Gasteiger charge is 2.37. The van der Waals surface area contributed by atoms with Crippen molar-refractivity contribution >= 4 is 17.5 Å². The van der Waals surface area contributed by atoms with E-state index in [2.05, 4.69) is 5.32 Å². The smallest absolute Gasteiger partial charge is 0.244 e. The number of anilines is 1. The van der Waals surface area contributed by atoms with Crippen molar-refractivity contribution in [2.45, 2.75) is 31.1 Å². The lowest BCUT2D eigenvalue weighted by molar-refractivity contribution is -0.130. The number of hydrogen-bond donors (Lipinski definition) is 1. The van der Waals surface area contributed by atoms with Crippen LogP contribution >= 0.6 is 0 Å². The van der Waals surface area contributed by atoms with Gasteiger partial charge in [0.15, 0.2) is 0 Å². The molecule has 2 saturated heterocycles. The molecular formula is C17H18F2N4O2. The molecule has 2 aliphatic rings. The monoisotopic (exact) mass is 348 g/mol. The molecule has 1 unspecified atom stereocenters. The van der Waals surface area contributed by atoms with Crippen molar-refractivity contribution in [1.82, 2.24) is 10.2 Å². The van der Waals surface area contributed by atoms with Crippen LogP contribution < -0.4 is 10.2 Å². The van der Waals surface area contributed by atoms with Crippen molar-refractivity contribution in [3.05, 3.63) is 30.1 Å². The highest BCUT2D eigenvalue weighted by atomic mass is 19.1. The van der Waals surface area contributed by atoms with Gasteiger partial charge in [0.05, 0.1) is 25.2 Å². The van der Waals surface area contributed by atoms with Crippen LogP contribution in [0.3, 0.4) is 0 Å². The minimum absolute atomic E-state index is 0.0307. The van der Waals surface area contributed by atoms with Gasteiger partial charge < -0.3 is 9.80 Å². The zero-order valence-electron chi connectivity index (χ0n) is 13.5. The van der Waals surface area contributed by atoms with Crippen LogP contribution in [0.5, 0.6) is 0 Å². The fourth-order valence-electron chi connectivity index (χ4n) is 3.24. The highest BCUT2D eigenvalue weighted by Crippen LogP contribution is 2.22. The van der Waals surface area contributed by atoms with Gasteiger partial charge in [0.2, 0.25) is 11.8 Å². The first-order chi connectivity index (χ1) is 12.0. The summed E-state index contributed by atoms with van der Waals surface area (Å²) in [7, 11) is 0. The predicted molar refractivity (Wildman–Crippen MR) is 85.8 cm³/mol. The van der Waals surface area contributed by atoms with E-state index in [1.807, 2.05) is 6.07 Å². The molecule has 1 aromatic rings. The number of carbonyl (C=O) groups excluding carboxylic acids is 2. The first kappa shape index (κ1) is 17.3. The van der Waals surface area contributed by atoms with Crippen LogP contribution in [0.25, 0.3) is 0 Å². The molecular weight excluding hydrogens is 330 g/mol. The van der Waals surface area contributed by atoms with Crippen LogP contribution in [0, 0.1) is 17.1 Å². The summed E-state index contributed by atoms with van der Waals surface area (Å²) in [5, 5.41) is 11.9. The molecule has 25 heavy (non-hydrogen) atoms. The van der Waals surface area contributed by atoms with Crippen LogP contribution in [0.1, 0.15) is 12.8 Å². The molecule has 0 bridgehead atoms. The maximum absolute atomic E-state index is 13.4. The lowest BCUT2D eigenvalue weighted by Crippen LogP contribution is -2.46. The molecule has 8 heteroatoms. The minimum atomic E-state index is -1.18. The SMILES string of the molecule is N#C[C@@H]1C[C@H](F)CN1C(=O)CNC1CCN(c2ccc(F)cc2)C1=O. The summed E-state index contributed by atoms with van der Waals surface area (Å²) in [6, 6.07) is 6.28. The molecule has 132 valence electrons. The number of alkyl halides is 1. The number of carbonyl (C=O) groups is 2. The van der Waals surface area contributed by atoms with E-state index in [0.29, 0.717) is 18.7 Å². The number of benzene rings is 1. The Balaban J connectivity index is 1.56. The lowest BCUT2D eigenvalue weighted by atomic mass is 10.2. The number of halogens is 2. The first-order valence-electron chi connectivity index (χ1n) is 8.13. The van der Waals surface area contributed by atoms with Gasteiger partial charge in [-0.3, -0.25) is 14.9 Å². The summed E-state index contributed by atoms with van der Waals surface area (Å²) in [5.74, 6) is -0.958. The summed E-state index contributed by atoms with van der Waals surface area (Å²) in [5.41, 5.74) is 0.603. The second-order valence-electron chi connectivity index (χ2n) is 6.21. The Kier molecular flexibility index (Phi) is 4.95. The Morgan fingerprint density at radius 3 is 2.76 bits per heavy atom. The van der Waals surface area contributed by atoms with Crippen molar-refractivity contribution in [1.29, 1.82) is 5.26 Å².